The van der Waals surface area contributed by atoms with Crippen LogP contribution in [0.15, 0.2) is 66.9 Å². The molecule has 4 rings (SSSR count). The fourth-order valence-corrected chi connectivity index (χ4v) is 4.04. The van der Waals surface area contributed by atoms with E-state index in [1.165, 1.54) is 36.4 Å². The van der Waals surface area contributed by atoms with E-state index in [1.54, 1.807) is 24.4 Å². The third-order valence-electron chi connectivity index (χ3n) is 6.19. The molecule has 0 spiro atoms. The number of ether oxygens (including phenoxy) is 2. The van der Waals surface area contributed by atoms with Crippen LogP contribution in [0.25, 0.3) is 15.7 Å². The monoisotopic (exact) mass is 545 g/mol. The zero-order valence-corrected chi connectivity index (χ0v) is 22.2. The Morgan fingerprint density at radius 3 is 2.48 bits per heavy atom. The van der Waals surface area contributed by atoms with E-state index in [0.29, 0.717) is 40.4 Å². The van der Waals surface area contributed by atoms with Crippen LogP contribution in [0.5, 0.6) is 17.2 Å². The van der Waals surface area contributed by atoms with Crippen LogP contribution in [0.3, 0.4) is 0 Å². The number of carbonyl (C=O) groups is 1. The van der Waals surface area contributed by atoms with Crippen LogP contribution in [0.4, 0.5) is 30.6 Å². The van der Waals surface area contributed by atoms with Gasteiger partial charge in [0.05, 0.1) is 24.4 Å². The lowest BCUT2D eigenvalue weighted by Crippen LogP contribution is -2.25. The average molecular weight is 546 g/mol. The van der Waals surface area contributed by atoms with Gasteiger partial charge in [0.15, 0.2) is 0 Å². The summed E-state index contributed by atoms with van der Waals surface area (Å²) in [5, 5.41) is 5.49. The predicted octanol–water partition coefficient (Wildman–Crippen LogP) is 7.61. The predicted molar refractivity (Wildman–Crippen MR) is 151 cm³/mol. The minimum absolute atomic E-state index is 0.0652. The molecular formula is C30H29F2N5O3. The number of aromatic nitrogens is 1. The van der Waals surface area contributed by atoms with E-state index in [1.807, 2.05) is 0 Å². The summed E-state index contributed by atoms with van der Waals surface area (Å²) >= 11 is 0. The molecule has 0 aliphatic rings. The maximum absolute atomic E-state index is 14.8. The van der Waals surface area contributed by atoms with Gasteiger partial charge in [-0.15, -0.1) is 0 Å². The molecule has 0 bridgehead atoms. The molecule has 0 aliphatic heterocycles. The Hall–Kier alpha value is -4.75. The molecule has 4 aromatic rings. The highest BCUT2D eigenvalue weighted by molar-refractivity contribution is 5.99. The van der Waals surface area contributed by atoms with Crippen molar-refractivity contribution in [2.75, 3.05) is 36.9 Å². The second-order valence-corrected chi connectivity index (χ2v) is 8.82. The molecule has 1 aromatic heterocycles. The number of fused-ring (bicyclic) bond motifs is 1. The molecule has 8 nitrogen and oxygen atoms in total. The first-order chi connectivity index (χ1) is 19.4. The van der Waals surface area contributed by atoms with Crippen molar-refractivity contribution in [2.45, 2.75) is 20.3 Å². The van der Waals surface area contributed by atoms with Gasteiger partial charge in [-0.2, -0.15) is 0 Å². The van der Waals surface area contributed by atoms with Crippen LogP contribution in [0.2, 0.25) is 0 Å². The van der Waals surface area contributed by atoms with Crippen LogP contribution in [-0.4, -0.2) is 42.2 Å². The molecule has 40 heavy (non-hydrogen) atoms. The zero-order chi connectivity index (χ0) is 28.5. The molecule has 0 aliphatic carbocycles. The van der Waals surface area contributed by atoms with Crippen molar-refractivity contribution in [1.82, 2.24) is 9.88 Å². The van der Waals surface area contributed by atoms with Crippen LogP contribution < -0.4 is 20.1 Å². The van der Waals surface area contributed by atoms with Crippen molar-refractivity contribution in [3.8, 4) is 17.2 Å². The number of benzene rings is 3. The molecule has 10 heteroatoms. The van der Waals surface area contributed by atoms with E-state index in [-0.39, 0.29) is 11.4 Å². The van der Waals surface area contributed by atoms with Gasteiger partial charge in [-0.1, -0.05) is 13.8 Å². The SMILES string of the molecule is [C-]#[N+]c1cc2c(Oc3ccc(NC(=O)Nc4ccc(F)cc4)c(F)c3)ccnc2cc1OCCCN(CC)CC. The van der Waals surface area contributed by atoms with E-state index in [2.05, 4.69) is 39.2 Å². The van der Waals surface area contributed by atoms with E-state index >= 15 is 0 Å². The van der Waals surface area contributed by atoms with E-state index in [4.69, 9.17) is 16.0 Å². The van der Waals surface area contributed by atoms with E-state index in [9.17, 15) is 13.6 Å². The molecule has 2 amide bonds. The molecule has 0 atom stereocenters. The van der Waals surface area contributed by atoms with E-state index in [0.717, 1.165) is 32.1 Å². The Bertz CT molecular complexity index is 1520. The topological polar surface area (TPSA) is 80.1 Å². The van der Waals surface area contributed by atoms with Crippen molar-refractivity contribution < 1.29 is 23.0 Å². The maximum atomic E-state index is 14.8. The first kappa shape index (κ1) is 28.3. The van der Waals surface area contributed by atoms with Crippen molar-refractivity contribution >= 4 is 34.0 Å². The third kappa shape index (κ3) is 7.21. The number of pyridine rings is 1. The normalized spacial score (nSPS) is 10.8. The van der Waals surface area contributed by atoms with Gasteiger partial charge in [-0.05, 0) is 74.1 Å². The van der Waals surface area contributed by atoms with Gasteiger partial charge in [-0.3, -0.25) is 4.98 Å². The summed E-state index contributed by atoms with van der Waals surface area (Å²) in [4.78, 5) is 22.5. The number of rotatable bonds is 11. The summed E-state index contributed by atoms with van der Waals surface area (Å²) in [7, 11) is 0. The highest BCUT2D eigenvalue weighted by atomic mass is 19.1. The van der Waals surface area contributed by atoms with Gasteiger partial charge in [-0.25, -0.2) is 18.4 Å². The number of amides is 2. The zero-order valence-electron chi connectivity index (χ0n) is 22.2. The van der Waals surface area contributed by atoms with Gasteiger partial charge < -0.3 is 25.0 Å². The molecule has 0 unspecified atom stereocenters. The van der Waals surface area contributed by atoms with Crippen molar-refractivity contribution in [3.63, 3.8) is 0 Å². The fraction of sp³-hybridized carbons (Fsp3) is 0.233. The van der Waals surface area contributed by atoms with Gasteiger partial charge in [0, 0.05) is 29.9 Å². The molecule has 2 N–H and O–H groups in total. The molecule has 1 heterocycles. The number of urea groups is 1. The molecular weight excluding hydrogens is 516 g/mol. The maximum Gasteiger partial charge on any atom is 0.323 e. The lowest BCUT2D eigenvalue weighted by atomic mass is 10.1. The Labute approximate surface area is 231 Å². The molecule has 3 aromatic carbocycles. The molecule has 0 saturated carbocycles. The molecule has 0 saturated heterocycles. The number of halogens is 2. The van der Waals surface area contributed by atoms with E-state index < -0.39 is 17.7 Å². The number of hydrogen-bond donors (Lipinski definition) is 2. The largest absolute Gasteiger partial charge is 0.504 e. The Balaban J connectivity index is 1.45. The Morgan fingerprint density at radius 2 is 1.77 bits per heavy atom. The highest BCUT2D eigenvalue weighted by Gasteiger charge is 2.14. The summed E-state index contributed by atoms with van der Waals surface area (Å²) in [5.74, 6) is -0.123. The number of hydrogen-bond acceptors (Lipinski definition) is 5. The number of anilines is 2. The fourth-order valence-electron chi connectivity index (χ4n) is 4.04. The van der Waals surface area contributed by atoms with Crippen molar-refractivity contribution in [2.24, 2.45) is 0 Å². The van der Waals surface area contributed by atoms with Crippen molar-refractivity contribution in [3.05, 3.63) is 89.9 Å². The first-order valence-corrected chi connectivity index (χ1v) is 12.9. The smallest absolute Gasteiger partial charge is 0.323 e. The van der Waals surface area contributed by atoms with Gasteiger partial charge in [0.2, 0.25) is 5.69 Å². The quantitative estimate of drug-likeness (QED) is 0.150. The Kier molecular flexibility index (Phi) is 9.44. The number of carbonyl (C=O) groups excluding carboxylic acids is 1. The molecule has 0 fully saturated rings. The minimum Gasteiger partial charge on any atom is -0.504 e. The third-order valence-corrected chi connectivity index (χ3v) is 6.19. The highest BCUT2D eigenvalue weighted by Crippen LogP contribution is 2.37. The van der Waals surface area contributed by atoms with Crippen molar-refractivity contribution in [1.29, 1.82) is 0 Å². The van der Waals surface area contributed by atoms with Gasteiger partial charge in [0.1, 0.15) is 28.9 Å². The van der Waals surface area contributed by atoms with Crippen LogP contribution in [0, 0.1) is 18.2 Å². The standard InChI is InChI=1S/C30H29F2N5O3/c1-4-37(5-2)15-6-16-39-29-19-26-23(18-27(29)33-3)28(13-14-34-26)40-22-11-12-25(24(32)17-22)36-30(38)35-21-9-7-20(31)8-10-21/h7-14,17-19H,4-6,15-16H2,1-2H3,(H2,35,36,38). The lowest BCUT2D eigenvalue weighted by molar-refractivity contribution is 0.250. The van der Waals surface area contributed by atoms with Crippen LogP contribution in [0.1, 0.15) is 20.3 Å². The second kappa shape index (κ2) is 13.4. The minimum atomic E-state index is -0.715. The number of nitrogens with one attached hydrogen (secondary N) is 2. The molecule has 206 valence electrons. The Morgan fingerprint density at radius 1 is 1.00 bits per heavy atom. The second-order valence-electron chi connectivity index (χ2n) is 8.82. The molecule has 0 radical (unpaired) electrons. The summed E-state index contributed by atoms with van der Waals surface area (Å²) in [5.41, 5.74) is 1.19. The summed E-state index contributed by atoms with van der Waals surface area (Å²) in [6.45, 7) is 15.2. The van der Waals surface area contributed by atoms with Crippen LogP contribution in [-0.2, 0) is 0 Å². The van der Waals surface area contributed by atoms with Gasteiger partial charge >= 0.3 is 6.03 Å². The van der Waals surface area contributed by atoms with Crippen LogP contribution >= 0.6 is 0 Å². The summed E-state index contributed by atoms with van der Waals surface area (Å²) < 4.78 is 39.7. The summed E-state index contributed by atoms with van der Waals surface area (Å²) in [6.07, 6.45) is 2.39. The van der Waals surface area contributed by atoms with Gasteiger partial charge in [0.25, 0.3) is 0 Å². The summed E-state index contributed by atoms with van der Waals surface area (Å²) in [6, 6.07) is 13.5. The average Bonchev–Trinajstić information content (AvgIpc) is 2.95. The first-order valence-electron chi connectivity index (χ1n) is 12.9. The number of nitrogens with zero attached hydrogens (tertiary/aromatic N) is 3. The lowest BCUT2D eigenvalue weighted by Gasteiger charge is -2.18.